The molecule has 0 atom stereocenters. The molecule has 1 N–H and O–H groups in total. The minimum Gasteiger partial charge on any atom is -0.465 e. The first-order chi connectivity index (χ1) is 7.15. The average Bonchev–Trinajstić information content (AvgIpc) is 2.21. The molecule has 0 aliphatic rings. The maximum absolute atomic E-state index is 11.0. The number of ether oxygens (including phenoxy) is 1. The van der Waals surface area contributed by atoms with Gasteiger partial charge < -0.3 is 10.1 Å². The van der Waals surface area contributed by atoms with Gasteiger partial charge in [0, 0.05) is 0 Å². The van der Waals surface area contributed by atoms with Crippen molar-refractivity contribution in [3.8, 4) is 0 Å². The first kappa shape index (κ1) is 12.2. The molecule has 82 valence electrons. The zero-order chi connectivity index (χ0) is 11.3. The normalized spacial score (nSPS) is 9.80. The molecule has 1 heterocycles. The van der Waals surface area contributed by atoms with Crippen LogP contribution in [0.1, 0.15) is 6.92 Å². The lowest BCUT2D eigenvalue weighted by molar-refractivity contribution is -0.140. The molecule has 0 radical (unpaired) electrons. The monoisotopic (exact) mass is 293 g/mol. The summed E-state index contributed by atoms with van der Waals surface area (Å²) in [4.78, 5) is 18.7. The number of aromatic nitrogens is 2. The van der Waals surface area contributed by atoms with Crippen molar-refractivity contribution in [1.82, 2.24) is 9.97 Å². The molecule has 0 amide bonds. The van der Waals surface area contributed by atoms with Gasteiger partial charge in [0.05, 0.1) is 11.1 Å². The van der Waals surface area contributed by atoms with Crippen LogP contribution in [0.4, 0.5) is 5.82 Å². The number of esters is 1. The van der Waals surface area contributed by atoms with E-state index in [0.717, 1.165) is 0 Å². The van der Waals surface area contributed by atoms with Crippen molar-refractivity contribution in [2.24, 2.45) is 0 Å². The highest BCUT2D eigenvalue weighted by molar-refractivity contribution is 9.10. The molecular weight excluding hydrogens is 285 g/mol. The highest BCUT2D eigenvalue weighted by Crippen LogP contribution is 2.25. The molecule has 0 unspecified atom stereocenters. The van der Waals surface area contributed by atoms with Gasteiger partial charge in [-0.15, -0.1) is 0 Å². The Labute approximate surface area is 100 Å². The van der Waals surface area contributed by atoms with E-state index >= 15 is 0 Å². The fourth-order valence-electron chi connectivity index (χ4n) is 0.839. The van der Waals surface area contributed by atoms with Crippen molar-refractivity contribution in [1.29, 1.82) is 0 Å². The smallest absolute Gasteiger partial charge is 0.325 e. The fraction of sp³-hybridized carbons (Fsp3) is 0.375. The summed E-state index contributed by atoms with van der Waals surface area (Å²) < 4.78 is 5.26. The van der Waals surface area contributed by atoms with Crippen LogP contribution in [0.2, 0.25) is 5.15 Å². The van der Waals surface area contributed by atoms with Gasteiger partial charge in [-0.1, -0.05) is 11.6 Å². The summed E-state index contributed by atoms with van der Waals surface area (Å²) >= 11 is 8.93. The van der Waals surface area contributed by atoms with Gasteiger partial charge in [-0.2, -0.15) is 0 Å². The first-order valence-corrected chi connectivity index (χ1v) is 5.37. The average molecular weight is 295 g/mol. The minimum absolute atomic E-state index is 0.0415. The van der Waals surface area contributed by atoms with Crippen LogP contribution in [0.3, 0.4) is 0 Å². The zero-order valence-corrected chi connectivity index (χ0v) is 10.3. The standard InChI is InChI=1S/C8H9BrClN3O2/c1-2-15-5(14)3-11-8-6(9)7(10)12-4-13-8/h4H,2-3H2,1H3,(H,11,12,13). The summed E-state index contributed by atoms with van der Waals surface area (Å²) in [7, 11) is 0. The number of nitrogens with zero attached hydrogens (tertiary/aromatic N) is 2. The van der Waals surface area contributed by atoms with E-state index in [2.05, 4.69) is 31.2 Å². The van der Waals surface area contributed by atoms with Crippen LogP contribution >= 0.6 is 27.5 Å². The van der Waals surface area contributed by atoms with E-state index in [0.29, 0.717) is 16.9 Å². The Bertz CT molecular complexity index is 362. The van der Waals surface area contributed by atoms with Crippen molar-refractivity contribution >= 4 is 39.3 Å². The molecule has 7 heteroatoms. The molecular formula is C8H9BrClN3O2. The van der Waals surface area contributed by atoms with Gasteiger partial charge in [0.1, 0.15) is 23.8 Å². The summed E-state index contributed by atoms with van der Waals surface area (Å²) in [5.41, 5.74) is 0. The second-order valence-electron chi connectivity index (χ2n) is 2.49. The van der Waals surface area contributed by atoms with Gasteiger partial charge in [0.15, 0.2) is 0 Å². The third-order valence-corrected chi connectivity index (χ3v) is 2.72. The number of carbonyl (C=O) groups is 1. The largest absolute Gasteiger partial charge is 0.465 e. The number of anilines is 1. The highest BCUT2D eigenvalue weighted by atomic mass is 79.9. The number of hydrogen-bond acceptors (Lipinski definition) is 5. The lowest BCUT2D eigenvalue weighted by Crippen LogP contribution is -2.17. The lowest BCUT2D eigenvalue weighted by Gasteiger charge is -2.06. The number of rotatable bonds is 4. The number of carbonyl (C=O) groups excluding carboxylic acids is 1. The lowest BCUT2D eigenvalue weighted by atomic mass is 10.5. The molecule has 0 aliphatic heterocycles. The molecule has 0 aliphatic carbocycles. The Hall–Kier alpha value is -0.880. The summed E-state index contributed by atoms with van der Waals surface area (Å²) in [6.07, 6.45) is 1.31. The maximum Gasteiger partial charge on any atom is 0.325 e. The molecule has 0 spiro atoms. The van der Waals surface area contributed by atoms with Gasteiger partial charge in [-0.05, 0) is 22.9 Å². The van der Waals surface area contributed by atoms with E-state index in [1.54, 1.807) is 6.92 Å². The topological polar surface area (TPSA) is 64.1 Å². The van der Waals surface area contributed by atoms with Crippen LogP contribution < -0.4 is 5.32 Å². The molecule has 0 fully saturated rings. The van der Waals surface area contributed by atoms with Gasteiger partial charge in [0.25, 0.3) is 0 Å². The molecule has 0 bridgehead atoms. The molecule has 0 aromatic carbocycles. The van der Waals surface area contributed by atoms with Crippen molar-refractivity contribution in [3.63, 3.8) is 0 Å². The van der Waals surface area contributed by atoms with Gasteiger partial charge in [-0.3, -0.25) is 4.79 Å². The van der Waals surface area contributed by atoms with Gasteiger partial charge in [0.2, 0.25) is 0 Å². The van der Waals surface area contributed by atoms with Crippen LogP contribution in [0.5, 0.6) is 0 Å². The van der Waals surface area contributed by atoms with E-state index in [1.807, 2.05) is 0 Å². The van der Waals surface area contributed by atoms with Gasteiger partial charge in [-0.25, -0.2) is 9.97 Å². The van der Waals surface area contributed by atoms with Crippen LogP contribution in [0.25, 0.3) is 0 Å². The van der Waals surface area contributed by atoms with E-state index in [-0.39, 0.29) is 17.7 Å². The van der Waals surface area contributed by atoms with E-state index in [1.165, 1.54) is 6.33 Å². The Morgan fingerprint density at radius 1 is 1.67 bits per heavy atom. The second kappa shape index (κ2) is 5.87. The van der Waals surface area contributed by atoms with Crippen molar-refractivity contribution in [2.75, 3.05) is 18.5 Å². The SMILES string of the molecule is CCOC(=O)CNc1ncnc(Cl)c1Br. The van der Waals surface area contributed by atoms with Crippen LogP contribution in [-0.4, -0.2) is 29.1 Å². The first-order valence-electron chi connectivity index (χ1n) is 4.20. The van der Waals surface area contributed by atoms with Crippen LogP contribution in [0, 0.1) is 0 Å². The number of halogens is 2. The third kappa shape index (κ3) is 3.64. The molecule has 5 nitrogen and oxygen atoms in total. The van der Waals surface area contributed by atoms with Crippen molar-refractivity contribution < 1.29 is 9.53 Å². The Kier molecular flexibility index (Phi) is 4.77. The highest BCUT2D eigenvalue weighted by Gasteiger charge is 2.08. The predicted octanol–water partition coefficient (Wildman–Crippen LogP) is 1.87. The van der Waals surface area contributed by atoms with E-state index in [4.69, 9.17) is 16.3 Å². The predicted molar refractivity (Wildman–Crippen MR) is 59.9 cm³/mol. The quantitative estimate of drug-likeness (QED) is 0.678. The molecule has 1 rings (SSSR count). The molecule has 0 saturated carbocycles. The number of nitrogens with one attached hydrogen (secondary N) is 1. The Morgan fingerprint density at radius 2 is 2.40 bits per heavy atom. The summed E-state index contributed by atoms with van der Waals surface area (Å²) in [5.74, 6) is 0.113. The number of hydrogen-bond donors (Lipinski definition) is 1. The summed E-state index contributed by atoms with van der Waals surface area (Å²) in [6, 6.07) is 0. The van der Waals surface area contributed by atoms with Gasteiger partial charge >= 0.3 is 5.97 Å². The minimum atomic E-state index is -0.348. The van der Waals surface area contributed by atoms with E-state index in [9.17, 15) is 4.79 Å². The zero-order valence-electron chi connectivity index (χ0n) is 7.96. The second-order valence-corrected chi connectivity index (χ2v) is 3.64. The molecule has 1 aromatic heterocycles. The van der Waals surface area contributed by atoms with Crippen LogP contribution in [-0.2, 0) is 9.53 Å². The summed E-state index contributed by atoms with van der Waals surface area (Å²) in [6.45, 7) is 2.14. The fourth-order valence-corrected chi connectivity index (χ4v) is 1.32. The Balaban J connectivity index is 2.58. The van der Waals surface area contributed by atoms with Crippen molar-refractivity contribution in [2.45, 2.75) is 6.92 Å². The van der Waals surface area contributed by atoms with Crippen LogP contribution in [0.15, 0.2) is 10.8 Å². The van der Waals surface area contributed by atoms with E-state index < -0.39 is 0 Å². The third-order valence-electron chi connectivity index (χ3n) is 1.45. The molecule has 15 heavy (non-hydrogen) atoms. The Morgan fingerprint density at radius 3 is 3.07 bits per heavy atom. The summed E-state index contributed by atoms with van der Waals surface area (Å²) in [5, 5.41) is 3.07. The molecule has 0 saturated heterocycles. The maximum atomic E-state index is 11.0. The molecule has 1 aromatic rings. The van der Waals surface area contributed by atoms with Crippen molar-refractivity contribution in [3.05, 3.63) is 16.0 Å².